The molecule has 0 fully saturated rings. The molecule has 3 heteroatoms. The Balaban J connectivity index is 4.51. The van der Waals surface area contributed by atoms with Crippen molar-refractivity contribution in [3.8, 4) is 0 Å². The minimum atomic E-state index is -0.722. The molecule has 15 heavy (non-hydrogen) atoms. The molecule has 0 aromatic carbocycles. The van der Waals surface area contributed by atoms with Crippen LogP contribution in [0.2, 0.25) is 0 Å². The third-order valence-electron chi connectivity index (χ3n) is 2.27. The van der Waals surface area contributed by atoms with Gasteiger partial charge in [0.2, 0.25) is 0 Å². The van der Waals surface area contributed by atoms with Crippen molar-refractivity contribution < 1.29 is 14.3 Å². The number of ether oxygens (including phenoxy) is 1. The van der Waals surface area contributed by atoms with Crippen LogP contribution in [0.25, 0.3) is 0 Å². The van der Waals surface area contributed by atoms with Gasteiger partial charge in [0.25, 0.3) is 0 Å². The minimum absolute atomic E-state index is 0.0838. The van der Waals surface area contributed by atoms with E-state index in [0.717, 1.165) is 0 Å². The summed E-state index contributed by atoms with van der Waals surface area (Å²) in [5.41, 5.74) is -1.12. The molecule has 88 valence electrons. The van der Waals surface area contributed by atoms with E-state index in [2.05, 4.69) is 0 Å². The van der Waals surface area contributed by atoms with E-state index in [1.54, 1.807) is 20.8 Å². The molecule has 0 rings (SSSR count). The number of esters is 1. The molecule has 3 nitrogen and oxygen atoms in total. The lowest BCUT2D eigenvalue weighted by Gasteiger charge is -2.25. The zero-order chi connectivity index (χ0) is 12.3. The van der Waals surface area contributed by atoms with E-state index < -0.39 is 10.8 Å². The van der Waals surface area contributed by atoms with Gasteiger partial charge in [-0.25, -0.2) is 0 Å². The lowest BCUT2D eigenvalue weighted by atomic mass is 9.79. The van der Waals surface area contributed by atoms with E-state index >= 15 is 0 Å². The Labute approximate surface area is 92.2 Å². The molecule has 0 aromatic rings. The van der Waals surface area contributed by atoms with Crippen molar-refractivity contribution in [3.05, 3.63) is 0 Å². The fourth-order valence-electron chi connectivity index (χ4n) is 1.07. The number of carbonyl (C=O) groups excluding carboxylic acids is 2. The van der Waals surface area contributed by atoms with Crippen molar-refractivity contribution in [3.63, 3.8) is 0 Å². The summed E-state index contributed by atoms with van der Waals surface area (Å²) in [4.78, 5) is 23.3. The zero-order valence-electron chi connectivity index (χ0n) is 10.6. The van der Waals surface area contributed by atoms with Crippen LogP contribution >= 0.6 is 0 Å². The molecule has 0 saturated heterocycles. The molecule has 0 aliphatic carbocycles. The van der Waals surface area contributed by atoms with Crippen LogP contribution in [0.15, 0.2) is 0 Å². The molecule has 0 heterocycles. The smallest absolute Gasteiger partial charge is 0.311 e. The van der Waals surface area contributed by atoms with Crippen LogP contribution in [0.1, 0.15) is 48.0 Å². The second kappa shape index (κ2) is 4.77. The Hall–Kier alpha value is -0.860. The van der Waals surface area contributed by atoms with Crippen molar-refractivity contribution in [1.82, 2.24) is 0 Å². The highest BCUT2D eigenvalue weighted by molar-refractivity contribution is 5.89. The van der Waals surface area contributed by atoms with Gasteiger partial charge < -0.3 is 4.74 Å². The average molecular weight is 214 g/mol. The van der Waals surface area contributed by atoms with Gasteiger partial charge in [-0.05, 0) is 20.8 Å². The van der Waals surface area contributed by atoms with Crippen LogP contribution in [0.5, 0.6) is 0 Å². The summed E-state index contributed by atoms with van der Waals surface area (Å²) in [5, 5.41) is 0. The maximum Gasteiger partial charge on any atom is 0.311 e. The first-order chi connectivity index (χ1) is 6.61. The van der Waals surface area contributed by atoms with Crippen LogP contribution in [0.3, 0.4) is 0 Å². The molecular formula is C12H22O3. The number of carbonyl (C=O) groups is 2. The van der Waals surface area contributed by atoms with Crippen molar-refractivity contribution in [2.24, 2.45) is 10.8 Å². The van der Waals surface area contributed by atoms with E-state index in [1.165, 1.54) is 0 Å². The second-order valence-corrected chi connectivity index (χ2v) is 5.45. The van der Waals surface area contributed by atoms with Gasteiger partial charge in [0.15, 0.2) is 0 Å². The minimum Gasteiger partial charge on any atom is -0.466 e. The van der Waals surface area contributed by atoms with Gasteiger partial charge in [-0.15, -0.1) is 0 Å². The normalized spacial score (nSPS) is 12.4. The van der Waals surface area contributed by atoms with Gasteiger partial charge in [0.1, 0.15) is 5.78 Å². The van der Waals surface area contributed by atoms with E-state index in [9.17, 15) is 9.59 Å². The number of ketones is 1. The Morgan fingerprint density at radius 3 is 1.87 bits per heavy atom. The molecule has 0 radical (unpaired) electrons. The average Bonchev–Trinajstić information content (AvgIpc) is 2.02. The molecule has 0 saturated carbocycles. The maximum atomic E-state index is 11.8. The van der Waals surface area contributed by atoms with Gasteiger partial charge >= 0.3 is 5.97 Å². The van der Waals surface area contributed by atoms with Crippen LogP contribution in [-0.2, 0) is 14.3 Å². The largest absolute Gasteiger partial charge is 0.466 e. The monoisotopic (exact) mass is 214 g/mol. The first-order valence-electron chi connectivity index (χ1n) is 5.32. The Bertz CT molecular complexity index is 246. The van der Waals surface area contributed by atoms with Gasteiger partial charge in [-0.2, -0.15) is 0 Å². The molecule has 0 aromatic heterocycles. The second-order valence-electron chi connectivity index (χ2n) is 5.45. The molecule has 0 amide bonds. The lowest BCUT2D eigenvalue weighted by Crippen LogP contribution is -2.33. The Kier molecular flexibility index (Phi) is 4.50. The third-order valence-corrected chi connectivity index (χ3v) is 2.27. The number of hydrogen-bond donors (Lipinski definition) is 0. The highest BCUT2D eigenvalue weighted by atomic mass is 16.5. The number of Topliss-reactive ketones (excluding diaryl/α,β-unsaturated/α-hetero) is 1. The lowest BCUT2D eigenvalue weighted by molar-refractivity contribution is -0.156. The van der Waals surface area contributed by atoms with Gasteiger partial charge in [-0.3, -0.25) is 9.59 Å². The Morgan fingerprint density at radius 1 is 1.07 bits per heavy atom. The van der Waals surface area contributed by atoms with Gasteiger partial charge in [0.05, 0.1) is 12.0 Å². The molecule has 0 spiro atoms. The van der Waals surface area contributed by atoms with E-state index in [0.29, 0.717) is 6.61 Å². The summed E-state index contributed by atoms with van der Waals surface area (Å²) in [6.07, 6.45) is 0.231. The van der Waals surface area contributed by atoms with Crippen molar-refractivity contribution >= 4 is 11.8 Å². The summed E-state index contributed by atoms with van der Waals surface area (Å²) in [5.74, 6) is -0.219. The van der Waals surface area contributed by atoms with E-state index in [4.69, 9.17) is 4.74 Å². The van der Waals surface area contributed by atoms with E-state index in [1.807, 2.05) is 20.8 Å². The predicted octanol–water partition coefficient (Wildman–Crippen LogP) is 2.58. The van der Waals surface area contributed by atoms with Crippen molar-refractivity contribution in [2.75, 3.05) is 6.61 Å². The van der Waals surface area contributed by atoms with Crippen LogP contribution in [-0.4, -0.2) is 18.4 Å². The quantitative estimate of drug-likeness (QED) is 0.675. The molecule has 0 bridgehead atoms. The first-order valence-corrected chi connectivity index (χ1v) is 5.32. The van der Waals surface area contributed by atoms with Crippen LogP contribution in [0.4, 0.5) is 0 Å². The topological polar surface area (TPSA) is 43.4 Å². The highest BCUT2D eigenvalue weighted by Crippen LogP contribution is 2.28. The molecular weight excluding hydrogens is 192 g/mol. The number of rotatable bonds is 4. The summed E-state index contributed by atoms with van der Waals surface area (Å²) in [6, 6.07) is 0. The number of hydrogen-bond acceptors (Lipinski definition) is 3. The summed E-state index contributed by atoms with van der Waals surface area (Å²) in [7, 11) is 0. The molecule has 0 aliphatic heterocycles. The molecule has 0 unspecified atom stereocenters. The first kappa shape index (κ1) is 14.1. The van der Waals surface area contributed by atoms with Crippen molar-refractivity contribution in [1.29, 1.82) is 0 Å². The molecule has 0 aliphatic rings. The fourth-order valence-corrected chi connectivity index (χ4v) is 1.07. The van der Waals surface area contributed by atoms with Crippen LogP contribution in [0, 0.1) is 10.8 Å². The van der Waals surface area contributed by atoms with Crippen LogP contribution < -0.4 is 0 Å². The van der Waals surface area contributed by atoms with Gasteiger partial charge in [-0.1, -0.05) is 20.8 Å². The Morgan fingerprint density at radius 2 is 1.53 bits per heavy atom. The standard InChI is InChI=1S/C12H22O3/c1-7-15-10(14)12(5,6)8-9(13)11(2,3)4/h7-8H2,1-6H3. The summed E-state index contributed by atoms with van der Waals surface area (Å²) in [6.45, 7) is 11.2. The highest BCUT2D eigenvalue weighted by Gasteiger charge is 2.35. The predicted molar refractivity (Wildman–Crippen MR) is 59.5 cm³/mol. The SMILES string of the molecule is CCOC(=O)C(C)(C)CC(=O)C(C)(C)C. The molecule has 0 atom stereocenters. The van der Waals surface area contributed by atoms with Crippen molar-refractivity contribution in [2.45, 2.75) is 48.0 Å². The maximum absolute atomic E-state index is 11.8. The zero-order valence-corrected chi connectivity index (χ0v) is 10.6. The van der Waals surface area contributed by atoms with Gasteiger partial charge in [0, 0.05) is 11.8 Å². The molecule has 0 N–H and O–H groups in total. The van der Waals surface area contributed by atoms with E-state index in [-0.39, 0.29) is 18.2 Å². The summed E-state index contributed by atoms with van der Waals surface area (Å²) >= 11 is 0. The summed E-state index contributed by atoms with van der Waals surface area (Å²) < 4.78 is 4.93. The third kappa shape index (κ3) is 4.45. The fraction of sp³-hybridized carbons (Fsp3) is 0.833.